The van der Waals surface area contributed by atoms with Crippen molar-refractivity contribution in [3.63, 3.8) is 0 Å². The Hall–Kier alpha value is -7.20. The molecule has 13 rings (SSSR count). The highest BCUT2D eigenvalue weighted by atomic mass is 32.1. The van der Waals surface area contributed by atoms with Crippen LogP contribution in [0.3, 0.4) is 0 Å². The molecule has 11 aromatic rings. The molecule has 0 fully saturated rings. The zero-order valence-electron chi connectivity index (χ0n) is 32.0. The van der Waals surface area contributed by atoms with E-state index in [1.165, 1.54) is 81.4 Å². The lowest BCUT2D eigenvalue weighted by molar-refractivity contribution is 0.669. The molecule has 0 aliphatic heterocycles. The minimum atomic E-state index is 0.371. The zero-order valence-corrected chi connectivity index (χ0v) is 32.8. The number of nitrogens with zero attached hydrogens (tertiary/aromatic N) is 1. The van der Waals surface area contributed by atoms with E-state index in [1.54, 1.807) is 0 Å². The van der Waals surface area contributed by atoms with Gasteiger partial charge in [-0.05, 0) is 116 Å². The van der Waals surface area contributed by atoms with Gasteiger partial charge in [0, 0.05) is 49.6 Å². The van der Waals surface area contributed by atoms with E-state index in [0.29, 0.717) is 5.92 Å². The van der Waals surface area contributed by atoms with Gasteiger partial charge in [0.25, 0.3) is 0 Å². The quantitative estimate of drug-likeness (QED) is 0.173. The maximum atomic E-state index is 6.89. The number of fused-ring (bicyclic) bond motifs is 11. The summed E-state index contributed by atoms with van der Waals surface area (Å²) in [6, 6.07) is 71.2. The molecular weight excluding hydrogens is 735 g/mol. The first-order valence-electron chi connectivity index (χ1n) is 20.4. The van der Waals surface area contributed by atoms with E-state index in [9.17, 15) is 0 Å². The Bertz CT molecular complexity index is 3480. The molecule has 0 radical (unpaired) electrons. The van der Waals surface area contributed by atoms with Crippen LogP contribution in [0.4, 0.5) is 17.1 Å². The highest BCUT2D eigenvalue weighted by molar-refractivity contribution is 7.26. The van der Waals surface area contributed by atoms with Crippen LogP contribution >= 0.6 is 11.3 Å². The molecule has 0 N–H and O–H groups in total. The predicted octanol–water partition coefficient (Wildman–Crippen LogP) is 16.1. The molecule has 2 aliphatic rings. The number of benzene rings is 9. The van der Waals surface area contributed by atoms with Crippen molar-refractivity contribution in [2.24, 2.45) is 0 Å². The van der Waals surface area contributed by atoms with Gasteiger partial charge in [0.2, 0.25) is 0 Å². The van der Waals surface area contributed by atoms with Crippen LogP contribution in [0.1, 0.15) is 22.6 Å². The molecule has 2 aliphatic carbocycles. The number of furan rings is 1. The largest absolute Gasteiger partial charge is 0.456 e. The SMILES string of the molecule is c1ccc(-c2ccc(N(c3ccc4c(c3)oc3cc(-c5ccc6c7c5-c5ccccc5CC7c5ccccc5-6)ccc34)c3cccc4c3sc3ccccc34)cc2)cc1. The van der Waals surface area contributed by atoms with Crippen molar-refractivity contribution in [3.05, 3.63) is 211 Å². The molecule has 0 saturated heterocycles. The minimum absolute atomic E-state index is 0.371. The molecule has 0 saturated carbocycles. The van der Waals surface area contributed by atoms with E-state index in [1.807, 2.05) is 11.3 Å². The summed E-state index contributed by atoms with van der Waals surface area (Å²) in [5.74, 6) is 0.371. The maximum Gasteiger partial charge on any atom is 0.137 e. The van der Waals surface area contributed by atoms with Gasteiger partial charge >= 0.3 is 0 Å². The van der Waals surface area contributed by atoms with Crippen molar-refractivity contribution in [1.82, 2.24) is 0 Å². The Morgan fingerprint density at radius 3 is 2.03 bits per heavy atom. The summed E-state index contributed by atoms with van der Waals surface area (Å²) in [5, 5.41) is 4.81. The third-order valence-electron chi connectivity index (χ3n) is 12.8. The molecule has 0 amide bonds. The van der Waals surface area contributed by atoms with E-state index in [4.69, 9.17) is 4.42 Å². The molecule has 1 unspecified atom stereocenters. The lowest BCUT2D eigenvalue weighted by atomic mass is 9.75. The second-order valence-electron chi connectivity index (χ2n) is 15.9. The third kappa shape index (κ3) is 4.92. The first kappa shape index (κ1) is 32.8. The summed E-state index contributed by atoms with van der Waals surface area (Å²) >= 11 is 1.85. The molecule has 276 valence electrons. The molecule has 59 heavy (non-hydrogen) atoms. The smallest absolute Gasteiger partial charge is 0.137 e. The molecule has 2 heterocycles. The number of hydrogen-bond acceptors (Lipinski definition) is 3. The Kier molecular flexibility index (Phi) is 7.04. The second kappa shape index (κ2) is 12.6. The van der Waals surface area contributed by atoms with Gasteiger partial charge < -0.3 is 9.32 Å². The molecule has 3 heteroatoms. The van der Waals surface area contributed by atoms with Gasteiger partial charge in [-0.3, -0.25) is 0 Å². The summed E-state index contributed by atoms with van der Waals surface area (Å²) in [6.07, 6.45) is 1.03. The molecule has 0 spiro atoms. The summed E-state index contributed by atoms with van der Waals surface area (Å²) in [6.45, 7) is 0. The first-order valence-corrected chi connectivity index (χ1v) is 21.2. The van der Waals surface area contributed by atoms with E-state index >= 15 is 0 Å². The second-order valence-corrected chi connectivity index (χ2v) is 17.0. The van der Waals surface area contributed by atoms with Crippen molar-refractivity contribution in [3.8, 4) is 44.5 Å². The van der Waals surface area contributed by atoms with Gasteiger partial charge in [0.15, 0.2) is 0 Å². The normalized spacial score (nSPS) is 13.9. The molecule has 1 atom stereocenters. The van der Waals surface area contributed by atoms with E-state index in [2.05, 4.69) is 199 Å². The number of anilines is 3. The van der Waals surface area contributed by atoms with Crippen LogP contribution < -0.4 is 4.90 Å². The highest BCUT2D eigenvalue weighted by Crippen LogP contribution is 2.56. The predicted molar refractivity (Wildman–Crippen MR) is 249 cm³/mol. The van der Waals surface area contributed by atoms with E-state index in [-0.39, 0.29) is 0 Å². The topological polar surface area (TPSA) is 16.4 Å². The van der Waals surface area contributed by atoms with Crippen LogP contribution in [0.25, 0.3) is 86.6 Å². The van der Waals surface area contributed by atoms with E-state index in [0.717, 1.165) is 45.4 Å². The molecular formula is C56H35NOS. The zero-order chi connectivity index (χ0) is 38.6. The molecule has 2 aromatic heterocycles. The average molecular weight is 770 g/mol. The Labute approximate surface area is 345 Å². The van der Waals surface area contributed by atoms with Crippen LogP contribution in [-0.4, -0.2) is 0 Å². The van der Waals surface area contributed by atoms with Gasteiger partial charge in [-0.1, -0.05) is 140 Å². The lowest BCUT2D eigenvalue weighted by Gasteiger charge is -2.28. The molecule has 0 bridgehead atoms. The van der Waals surface area contributed by atoms with Crippen molar-refractivity contribution in [1.29, 1.82) is 0 Å². The number of thiophene rings is 1. The summed E-state index contributed by atoms with van der Waals surface area (Å²) < 4.78 is 9.44. The maximum absolute atomic E-state index is 6.89. The fourth-order valence-electron chi connectivity index (χ4n) is 10.2. The Balaban J connectivity index is 0.963. The summed E-state index contributed by atoms with van der Waals surface area (Å²) in [5.41, 5.74) is 19.7. The van der Waals surface area contributed by atoms with Gasteiger partial charge in [-0.25, -0.2) is 0 Å². The summed E-state index contributed by atoms with van der Waals surface area (Å²) in [7, 11) is 0. The lowest BCUT2D eigenvalue weighted by Crippen LogP contribution is -2.10. The number of rotatable bonds is 5. The van der Waals surface area contributed by atoms with Crippen molar-refractivity contribution in [2.45, 2.75) is 12.3 Å². The monoisotopic (exact) mass is 769 g/mol. The van der Waals surface area contributed by atoms with E-state index < -0.39 is 0 Å². The van der Waals surface area contributed by atoms with Gasteiger partial charge in [0.05, 0.1) is 10.4 Å². The number of hydrogen-bond donors (Lipinski definition) is 0. The van der Waals surface area contributed by atoms with Gasteiger partial charge in [-0.2, -0.15) is 0 Å². The third-order valence-corrected chi connectivity index (χ3v) is 14.0. The van der Waals surface area contributed by atoms with Gasteiger partial charge in [-0.15, -0.1) is 11.3 Å². The minimum Gasteiger partial charge on any atom is -0.456 e. The van der Waals surface area contributed by atoms with Gasteiger partial charge in [0.1, 0.15) is 11.2 Å². The highest BCUT2D eigenvalue weighted by Gasteiger charge is 2.36. The molecule has 9 aromatic carbocycles. The Morgan fingerprint density at radius 2 is 1.14 bits per heavy atom. The van der Waals surface area contributed by atoms with Crippen LogP contribution in [0.5, 0.6) is 0 Å². The van der Waals surface area contributed by atoms with Crippen LogP contribution in [0, 0.1) is 0 Å². The first-order chi connectivity index (χ1) is 29.2. The van der Waals surface area contributed by atoms with Crippen LogP contribution in [0.2, 0.25) is 0 Å². The van der Waals surface area contributed by atoms with Crippen molar-refractivity contribution < 1.29 is 4.42 Å². The molecule has 2 nitrogen and oxygen atoms in total. The average Bonchev–Trinajstić information content (AvgIpc) is 3.97. The standard InChI is InChI=1S/C56H35NOS/c1-2-11-34(12-3-1)35-21-24-38(25-22-35)57(50-19-10-18-48-46-17-8-9-20-53(46)59-56(48)50)39-26-28-45-44-27-23-37(32-51(44)58-52(45)33-39)41-29-30-47-42-15-6-7-16-43(42)49-31-36-13-4-5-14-40(36)54(41)55(47)49/h1-30,32-33,49H,31H2. The van der Waals surface area contributed by atoms with Crippen molar-refractivity contribution >= 4 is 70.5 Å². The fourth-order valence-corrected chi connectivity index (χ4v) is 11.4. The summed E-state index contributed by atoms with van der Waals surface area (Å²) in [4.78, 5) is 2.39. The fraction of sp³-hybridized carbons (Fsp3) is 0.0357. The van der Waals surface area contributed by atoms with Crippen LogP contribution in [0.15, 0.2) is 199 Å². The van der Waals surface area contributed by atoms with Crippen molar-refractivity contribution in [2.75, 3.05) is 4.90 Å². The Morgan fingerprint density at radius 1 is 0.458 bits per heavy atom. The van der Waals surface area contributed by atoms with Crippen LogP contribution in [-0.2, 0) is 6.42 Å².